The summed E-state index contributed by atoms with van der Waals surface area (Å²) >= 11 is 7.21. The van der Waals surface area contributed by atoms with E-state index in [9.17, 15) is 0 Å². The Hall–Kier alpha value is -1.37. The molecular weight excluding hydrogens is 216 g/mol. The summed E-state index contributed by atoms with van der Waals surface area (Å²) in [6.45, 7) is 0. The summed E-state index contributed by atoms with van der Waals surface area (Å²) in [5, 5.41) is 10.1. The fraction of sp³-hybridized carbons (Fsp3) is 0. The van der Waals surface area contributed by atoms with E-state index in [1.54, 1.807) is 6.20 Å². The number of halogens is 1. The average molecular weight is 221 g/mol. The molecule has 0 atom stereocenters. The fourth-order valence-corrected chi connectivity index (χ4v) is 1.98. The van der Waals surface area contributed by atoms with Crippen LogP contribution in [0.1, 0.15) is 4.88 Å². The molecule has 2 aromatic rings. The summed E-state index contributed by atoms with van der Waals surface area (Å²) in [6, 6.07) is 9.49. The Bertz CT molecular complexity index is 499. The van der Waals surface area contributed by atoms with Crippen molar-refractivity contribution in [3.05, 3.63) is 40.4 Å². The first-order valence-corrected chi connectivity index (χ1v) is 5.11. The molecule has 14 heavy (non-hydrogen) atoms. The lowest BCUT2D eigenvalue weighted by Crippen LogP contribution is -1.73. The van der Waals surface area contributed by atoms with Gasteiger partial charge in [-0.05, 0) is 12.1 Å². The van der Waals surface area contributed by atoms with Crippen LogP contribution in [0.2, 0.25) is 5.02 Å². The third kappa shape index (κ3) is 1.77. The van der Waals surface area contributed by atoms with E-state index in [0.717, 1.165) is 10.6 Å². The van der Waals surface area contributed by atoms with Crippen molar-refractivity contribution >= 4 is 22.9 Å². The molecule has 0 fully saturated rings. The third-order valence-electron chi connectivity index (χ3n) is 1.69. The zero-order valence-electron chi connectivity index (χ0n) is 7.07. The van der Waals surface area contributed by atoms with Gasteiger partial charge in [0.1, 0.15) is 16.0 Å². The summed E-state index contributed by atoms with van der Waals surface area (Å²) in [4.78, 5) is 4.75. The summed E-state index contributed by atoms with van der Waals surface area (Å²) < 4.78 is 0. The molecule has 0 saturated heterocycles. The van der Waals surface area contributed by atoms with Crippen molar-refractivity contribution < 1.29 is 0 Å². The number of benzene rings is 1. The van der Waals surface area contributed by atoms with Crippen LogP contribution in [0.25, 0.3) is 10.6 Å². The zero-order chi connectivity index (χ0) is 9.97. The summed E-state index contributed by atoms with van der Waals surface area (Å²) in [5.74, 6) is 0. The van der Waals surface area contributed by atoms with Gasteiger partial charge in [-0.3, -0.25) is 0 Å². The molecule has 0 spiro atoms. The van der Waals surface area contributed by atoms with E-state index in [1.165, 1.54) is 11.3 Å². The van der Waals surface area contributed by atoms with Gasteiger partial charge >= 0.3 is 0 Å². The van der Waals surface area contributed by atoms with Gasteiger partial charge in [0.25, 0.3) is 0 Å². The van der Waals surface area contributed by atoms with Gasteiger partial charge in [0.2, 0.25) is 0 Å². The van der Waals surface area contributed by atoms with Crippen LogP contribution in [0.4, 0.5) is 0 Å². The lowest BCUT2D eigenvalue weighted by Gasteiger charge is -1.95. The minimum absolute atomic E-state index is 0.611. The van der Waals surface area contributed by atoms with E-state index < -0.39 is 0 Å². The van der Waals surface area contributed by atoms with Gasteiger partial charge in [-0.2, -0.15) is 5.26 Å². The normalized spacial score (nSPS) is 9.71. The number of hydrogen-bond donors (Lipinski definition) is 0. The molecule has 1 aromatic heterocycles. The molecule has 0 aliphatic rings. The maximum atomic E-state index is 8.65. The van der Waals surface area contributed by atoms with Gasteiger partial charge < -0.3 is 0 Å². The van der Waals surface area contributed by atoms with E-state index >= 15 is 0 Å². The Balaban J connectivity index is 2.45. The molecule has 2 nitrogen and oxygen atoms in total. The second-order valence-electron chi connectivity index (χ2n) is 2.65. The predicted molar refractivity (Wildman–Crippen MR) is 57.3 cm³/mol. The number of nitriles is 1. The highest BCUT2D eigenvalue weighted by atomic mass is 35.5. The van der Waals surface area contributed by atoms with Gasteiger partial charge in [-0.1, -0.05) is 23.7 Å². The SMILES string of the molecule is N#Cc1cnc(-c2cccc(Cl)c2)s1. The molecule has 0 amide bonds. The largest absolute Gasteiger partial charge is 0.243 e. The van der Waals surface area contributed by atoms with Crippen molar-refractivity contribution in [2.75, 3.05) is 0 Å². The van der Waals surface area contributed by atoms with Crippen molar-refractivity contribution in [3.8, 4) is 16.6 Å². The van der Waals surface area contributed by atoms with Crippen molar-refractivity contribution in [2.24, 2.45) is 0 Å². The summed E-state index contributed by atoms with van der Waals surface area (Å²) in [5.41, 5.74) is 0.948. The lowest BCUT2D eigenvalue weighted by atomic mass is 10.2. The van der Waals surface area contributed by atoms with Crippen LogP contribution in [0.5, 0.6) is 0 Å². The van der Waals surface area contributed by atoms with Crippen molar-refractivity contribution in [3.63, 3.8) is 0 Å². The number of thiazole rings is 1. The Labute approximate surface area is 90.4 Å². The number of nitrogens with zero attached hydrogens (tertiary/aromatic N) is 2. The Morgan fingerprint density at radius 1 is 1.43 bits per heavy atom. The van der Waals surface area contributed by atoms with E-state index in [0.29, 0.717) is 9.90 Å². The Kier molecular flexibility index (Phi) is 2.49. The molecule has 1 aromatic carbocycles. The minimum Gasteiger partial charge on any atom is -0.243 e. The molecule has 0 N–H and O–H groups in total. The van der Waals surface area contributed by atoms with Gasteiger partial charge in [0.05, 0.1) is 6.20 Å². The first-order valence-electron chi connectivity index (χ1n) is 3.91. The monoisotopic (exact) mass is 220 g/mol. The van der Waals surface area contributed by atoms with Gasteiger partial charge in [-0.15, -0.1) is 11.3 Å². The number of hydrogen-bond acceptors (Lipinski definition) is 3. The Morgan fingerprint density at radius 2 is 2.29 bits per heavy atom. The minimum atomic E-state index is 0.611. The van der Waals surface area contributed by atoms with Crippen LogP contribution in [0, 0.1) is 11.3 Å². The molecule has 0 saturated carbocycles. The molecular formula is C10H5ClN2S. The molecule has 0 aliphatic carbocycles. The topological polar surface area (TPSA) is 36.7 Å². The van der Waals surface area contributed by atoms with Crippen LogP contribution in [0.15, 0.2) is 30.5 Å². The predicted octanol–water partition coefficient (Wildman–Crippen LogP) is 3.34. The van der Waals surface area contributed by atoms with E-state index in [4.69, 9.17) is 16.9 Å². The molecule has 0 aliphatic heterocycles. The van der Waals surface area contributed by atoms with Crippen LogP contribution in [-0.4, -0.2) is 4.98 Å². The smallest absolute Gasteiger partial charge is 0.125 e. The molecule has 0 unspecified atom stereocenters. The van der Waals surface area contributed by atoms with Crippen molar-refractivity contribution in [1.29, 1.82) is 5.26 Å². The van der Waals surface area contributed by atoms with Gasteiger partial charge in [0, 0.05) is 10.6 Å². The van der Waals surface area contributed by atoms with Crippen molar-refractivity contribution in [1.82, 2.24) is 4.98 Å². The Morgan fingerprint density at radius 3 is 2.93 bits per heavy atom. The average Bonchev–Trinajstić information content (AvgIpc) is 2.66. The lowest BCUT2D eigenvalue weighted by molar-refractivity contribution is 1.40. The van der Waals surface area contributed by atoms with E-state index in [-0.39, 0.29) is 0 Å². The summed E-state index contributed by atoms with van der Waals surface area (Å²) in [7, 11) is 0. The van der Waals surface area contributed by atoms with Crippen molar-refractivity contribution in [2.45, 2.75) is 0 Å². The standard InChI is InChI=1S/C10H5ClN2S/c11-8-3-1-2-7(4-8)10-13-6-9(5-12)14-10/h1-4,6H. The molecule has 1 heterocycles. The summed E-state index contributed by atoms with van der Waals surface area (Å²) in [6.07, 6.45) is 1.57. The van der Waals surface area contributed by atoms with Gasteiger partial charge in [-0.25, -0.2) is 4.98 Å². The molecule has 2 rings (SSSR count). The second-order valence-corrected chi connectivity index (χ2v) is 4.12. The molecule has 4 heteroatoms. The molecule has 0 radical (unpaired) electrons. The molecule has 68 valence electrons. The maximum absolute atomic E-state index is 8.65. The van der Waals surface area contributed by atoms with Crippen LogP contribution < -0.4 is 0 Å². The molecule has 0 bridgehead atoms. The first-order chi connectivity index (χ1) is 6.79. The quantitative estimate of drug-likeness (QED) is 0.739. The van der Waals surface area contributed by atoms with Crippen LogP contribution >= 0.6 is 22.9 Å². The van der Waals surface area contributed by atoms with Crippen LogP contribution in [0.3, 0.4) is 0 Å². The highest BCUT2D eigenvalue weighted by Crippen LogP contribution is 2.26. The zero-order valence-corrected chi connectivity index (χ0v) is 8.64. The van der Waals surface area contributed by atoms with E-state index in [2.05, 4.69) is 11.1 Å². The second kappa shape index (κ2) is 3.79. The highest BCUT2D eigenvalue weighted by Gasteiger charge is 2.03. The fourth-order valence-electron chi connectivity index (χ4n) is 1.08. The number of rotatable bonds is 1. The first kappa shape index (κ1) is 9.20. The number of aromatic nitrogens is 1. The van der Waals surface area contributed by atoms with Gasteiger partial charge in [0.15, 0.2) is 0 Å². The maximum Gasteiger partial charge on any atom is 0.125 e. The third-order valence-corrected chi connectivity index (χ3v) is 2.87. The van der Waals surface area contributed by atoms with Crippen LogP contribution in [-0.2, 0) is 0 Å². The van der Waals surface area contributed by atoms with E-state index in [1.807, 2.05) is 24.3 Å². The highest BCUT2D eigenvalue weighted by molar-refractivity contribution is 7.15.